The molecule has 1 unspecified atom stereocenters. The van der Waals surface area contributed by atoms with Gasteiger partial charge < -0.3 is 21.3 Å². The summed E-state index contributed by atoms with van der Waals surface area (Å²) in [5.74, 6) is 1.41. The quantitative estimate of drug-likeness (QED) is 0.640. The molecule has 0 bridgehead atoms. The predicted octanol–water partition coefficient (Wildman–Crippen LogP) is 3.22. The molecule has 0 saturated carbocycles. The van der Waals surface area contributed by atoms with Crippen LogP contribution in [0.3, 0.4) is 0 Å². The van der Waals surface area contributed by atoms with Crippen LogP contribution in [0.4, 0.5) is 17.2 Å². The van der Waals surface area contributed by atoms with Crippen LogP contribution >= 0.6 is 8.73 Å². The van der Waals surface area contributed by atoms with Crippen LogP contribution in [0.5, 0.6) is 11.5 Å². The lowest BCUT2D eigenvalue weighted by molar-refractivity contribution is 0.490. The van der Waals surface area contributed by atoms with Gasteiger partial charge in [-0.3, -0.25) is 4.98 Å². The van der Waals surface area contributed by atoms with Crippen molar-refractivity contribution in [1.82, 2.24) is 9.97 Å². The third kappa shape index (κ3) is 2.61. The molecule has 0 aliphatic heterocycles. The molecule has 0 amide bonds. The fourth-order valence-corrected chi connectivity index (χ4v) is 2.66. The number of aromatic nitrogens is 2. The topological polar surface area (TPSA) is 99.1 Å². The van der Waals surface area contributed by atoms with Crippen molar-refractivity contribution < 1.29 is 4.74 Å². The molecular formula is C15H16N5OP. The summed E-state index contributed by atoms with van der Waals surface area (Å²) in [4.78, 5) is 8.12. The van der Waals surface area contributed by atoms with Crippen molar-refractivity contribution in [3.8, 4) is 11.5 Å². The molecule has 6 nitrogen and oxygen atoms in total. The van der Waals surface area contributed by atoms with Gasteiger partial charge in [0.2, 0.25) is 0 Å². The Balaban J connectivity index is 2.08. The van der Waals surface area contributed by atoms with Crippen LogP contribution < -0.4 is 21.3 Å². The van der Waals surface area contributed by atoms with Crippen molar-refractivity contribution in [2.24, 2.45) is 0 Å². The lowest BCUT2D eigenvalue weighted by Gasteiger charge is -2.14. The van der Waals surface area contributed by atoms with Crippen molar-refractivity contribution in [3.05, 3.63) is 42.9 Å². The van der Waals surface area contributed by atoms with Crippen LogP contribution in [-0.2, 0) is 0 Å². The minimum atomic E-state index is 0.255. The first-order valence-corrected chi connectivity index (χ1v) is 8.18. The summed E-state index contributed by atoms with van der Waals surface area (Å²) in [5, 5.41) is 5.30. The number of ether oxygens (including phenoxy) is 1. The zero-order chi connectivity index (χ0) is 15.5. The molecule has 112 valence electrons. The third-order valence-electron chi connectivity index (χ3n) is 3.24. The zero-order valence-corrected chi connectivity index (χ0v) is 13.0. The van der Waals surface area contributed by atoms with Gasteiger partial charge in [-0.15, -0.1) is 0 Å². The van der Waals surface area contributed by atoms with Crippen LogP contribution in [0.1, 0.15) is 0 Å². The number of rotatable bonds is 4. The number of nitrogen functional groups attached to an aromatic ring is 2. The van der Waals surface area contributed by atoms with Gasteiger partial charge in [-0.25, -0.2) is 4.98 Å². The molecule has 3 rings (SSSR count). The van der Waals surface area contributed by atoms with Gasteiger partial charge in [-0.05, 0) is 33.6 Å². The molecule has 2 aromatic heterocycles. The molecule has 0 fully saturated rings. The number of hydrogen-bond acceptors (Lipinski definition) is 6. The number of fused-ring (bicyclic) bond motifs is 1. The van der Waals surface area contributed by atoms with E-state index in [0.29, 0.717) is 25.9 Å². The average molecular weight is 313 g/mol. The summed E-state index contributed by atoms with van der Waals surface area (Å²) in [7, 11) is 0.609. The fraction of sp³-hybridized carbons (Fsp3) is 0.0667. The lowest BCUT2D eigenvalue weighted by atomic mass is 10.1. The summed E-state index contributed by atoms with van der Waals surface area (Å²) in [6.45, 7) is 2.08. The molecule has 1 aromatic carbocycles. The number of nitrogens with zero attached hydrogens (tertiary/aromatic N) is 2. The van der Waals surface area contributed by atoms with Gasteiger partial charge in [0.05, 0.1) is 0 Å². The van der Waals surface area contributed by atoms with Crippen molar-refractivity contribution in [3.63, 3.8) is 0 Å². The molecule has 0 aliphatic rings. The highest BCUT2D eigenvalue weighted by Gasteiger charge is 2.10. The van der Waals surface area contributed by atoms with E-state index in [-0.39, 0.29) is 5.82 Å². The van der Waals surface area contributed by atoms with Crippen LogP contribution in [0.2, 0.25) is 0 Å². The number of benzene rings is 1. The molecular weight excluding hydrogens is 297 g/mol. The summed E-state index contributed by atoms with van der Waals surface area (Å²) in [5.41, 5.74) is 13.0. The first-order valence-electron chi connectivity index (χ1n) is 6.68. The molecule has 0 saturated heterocycles. The zero-order valence-electron chi connectivity index (χ0n) is 12.0. The first kappa shape index (κ1) is 14.4. The SMILES string of the molecule is CPNc1ccc(Oc2ccnc(N)c2N)c2cnccc12. The molecule has 2 heterocycles. The Bertz CT molecular complexity index is 824. The Labute approximate surface area is 129 Å². The van der Waals surface area contributed by atoms with Gasteiger partial charge in [0.1, 0.15) is 17.3 Å². The summed E-state index contributed by atoms with van der Waals surface area (Å²) >= 11 is 0. The van der Waals surface area contributed by atoms with E-state index in [1.54, 1.807) is 24.7 Å². The molecule has 22 heavy (non-hydrogen) atoms. The third-order valence-corrected chi connectivity index (χ3v) is 3.76. The normalized spacial score (nSPS) is 11.1. The van der Waals surface area contributed by atoms with Crippen LogP contribution in [0.25, 0.3) is 10.8 Å². The van der Waals surface area contributed by atoms with E-state index >= 15 is 0 Å². The maximum atomic E-state index is 5.93. The Morgan fingerprint density at radius 1 is 1.05 bits per heavy atom. The molecule has 3 aromatic rings. The van der Waals surface area contributed by atoms with Crippen molar-refractivity contribution in [2.75, 3.05) is 23.2 Å². The van der Waals surface area contributed by atoms with E-state index in [4.69, 9.17) is 16.2 Å². The second kappa shape index (κ2) is 6.03. The summed E-state index contributed by atoms with van der Waals surface area (Å²) in [6, 6.07) is 7.51. The lowest BCUT2D eigenvalue weighted by Crippen LogP contribution is -2.00. The van der Waals surface area contributed by atoms with E-state index in [1.165, 1.54) is 0 Å². The van der Waals surface area contributed by atoms with Crippen LogP contribution in [0.15, 0.2) is 42.9 Å². The highest BCUT2D eigenvalue weighted by molar-refractivity contribution is 7.38. The minimum Gasteiger partial charge on any atom is -0.454 e. The molecule has 7 heteroatoms. The molecule has 0 aliphatic carbocycles. The standard InChI is InChI=1S/C15H16N5OP/c1-22-20-11-2-3-12(10-8-18-6-4-9(10)11)21-13-5-7-19-15(17)14(13)16/h2-8,20,22H,16H2,1H3,(H2,17,19). The van der Waals surface area contributed by atoms with Gasteiger partial charge in [-0.1, -0.05) is 0 Å². The summed E-state index contributed by atoms with van der Waals surface area (Å²) in [6.07, 6.45) is 5.10. The molecule has 1 atom stereocenters. The van der Waals surface area contributed by atoms with Crippen molar-refractivity contribution in [1.29, 1.82) is 0 Å². The Morgan fingerprint density at radius 2 is 1.91 bits per heavy atom. The van der Waals surface area contributed by atoms with Gasteiger partial charge >= 0.3 is 0 Å². The van der Waals surface area contributed by atoms with E-state index in [9.17, 15) is 0 Å². The maximum Gasteiger partial charge on any atom is 0.155 e. The largest absolute Gasteiger partial charge is 0.454 e. The summed E-state index contributed by atoms with van der Waals surface area (Å²) < 4.78 is 5.93. The highest BCUT2D eigenvalue weighted by atomic mass is 31.1. The van der Waals surface area contributed by atoms with E-state index < -0.39 is 0 Å². The number of hydrogen-bond donors (Lipinski definition) is 3. The number of nitrogens with two attached hydrogens (primary N) is 2. The van der Waals surface area contributed by atoms with Crippen LogP contribution in [-0.4, -0.2) is 16.6 Å². The van der Waals surface area contributed by atoms with Crippen molar-refractivity contribution >= 4 is 36.7 Å². The minimum absolute atomic E-state index is 0.255. The second-order valence-electron chi connectivity index (χ2n) is 4.62. The number of anilines is 3. The van der Waals surface area contributed by atoms with Gasteiger partial charge in [0.15, 0.2) is 5.75 Å². The second-order valence-corrected chi connectivity index (χ2v) is 5.37. The van der Waals surface area contributed by atoms with E-state index in [2.05, 4.69) is 21.7 Å². The first-order chi connectivity index (χ1) is 10.7. The van der Waals surface area contributed by atoms with Gasteiger partial charge in [-0.2, -0.15) is 0 Å². The average Bonchev–Trinajstić information content (AvgIpc) is 2.54. The Hall–Kier alpha value is -2.59. The molecule has 0 radical (unpaired) electrons. The van der Waals surface area contributed by atoms with Gasteiger partial charge in [0, 0.05) is 41.1 Å². The number of pyridine rings is 2. The Kier molecular flexibility index (Phi) is 3.94. The van der Waals surface area contributed by atoms with E-state index in [0.717, 1.165) is 16.5 Å². The van der Waals surface area contributed by atoms with E-state index in [1.807, 2.05) is 18.2 Å². The highest BCUT2D eigenvalue weighted by Crippen LogP contribution is 2.37. The van der Waals surface area contributed by atoms with Gasteiger partial charge in [0.25, 0.3) is 0 Å². The monoisotopic (exact) mass is 313 g/mol. The molecule has 0 spiro atoms. The fourth-order valence-electron chi connectivity index (χ4n) is 2.18. The molecule has 5 N–H and O–H groups in total. The van der Waals surface area contributed by atoms with Crippen LogP contribution in [0, 0.1) is 0 Å². The number of nitrogens with one attached hydrogen (secondary N) is 1. The van der Waals surface area contributed by atoms with Crippen molar-refractivity contribution in [2.45, 2.75) is 0 Å². The smallest absolute Gasteiger partial charge is 0.155 e. The maximum absolute atomic E-state index is 5.93. The Morgan fingerprint density at radius 3 is 2.73 bits per heavy atom. The predicted molar refractivity (Wildman–Crippen MR) is 92.7 cm³/mol.